The van der Waals surface area contributed by atoms with Gasteiger partial charge in [0.2, 0.25) is 0 Å². The first-order chi connectivity index (χ1) is 14.8. The summed E-state index contributed by atoms with van der Waals surface area (Å²) < 4.78 is 59.0. The van der Waals surface area contributed by atoms with Crippen LogP contribution in [0.5, 0.6) is 0 Å². The SMILES string of the molecule is O=C(c1occc1CS(=O)(=O)c1ccccc1)N1CCN(S(=O)(=O)N2CCCC2)CC1. The second-order valence-electron chi connectivity index (χ2n) is 7.65. The molecular weight excluding hydrogens is 442 g/mol. The van der Waals surface area contributed by atoms with Crippen LogP contribution in [0, 0.1) is 0 Å². The van der Waals surface area contributed by atoms with Crippen molar-refractivity contribution in [1.29, 1.82) is 0 Å². The van der Waals surface area contributed by atoms with Crippen molar-refractivity contribution in [3.63, 3.8) is 0 Å². The van der Waals surface area contributed by atoms with Crippen LogP contribution in [0.2, 0.25) is 0 Å². The monoisotopic (exact) mass is 467 g/mol. The maximum absolute atomic E-state index is 13.0. The Morgan fingerprint density at radius 3 is 2.10 bits per heavy atom. The highest BCUT2D eigenvalue weighted by molar-refractivity contribution is 7.90. The summed E-state index contributed by atoms with van der Waals surface area (Å²) in [5, 5.41) is 0. The van der Waals surface area contributed by atoms with E-state index in [4.69, 9.17) is 4.42 Å². The predicted octanol–water partition coefficient (Wildman–Crippen LogP) is 1.35. The summed E-state index contributed by atoms with van der Waals surface area (Å²) in [6, 6.07) is 9.53. The van der Waals surface area contributed by atoms with Crippen molar-refractivity contribution in [2.45, 2.75) is 23.5 Å². The Balaban J connectivity index is 1.43. The summed E-state index contributed by atoms with van der Waals surface area (Å²) in [6.07, 6.45) is 3.03. The van der Waals surface area contributed by atoms with Crippen molar-refractivity contribution in [1.82, 2.24) is 13.5 Å². The molecule has 2 aliphatic rings. The van der Waals surface area contributed by atoms with E-state index < -0.39 is 26.0 Å². The number of carbonyl (C=O) groups excluding carboxylic acids is 1. The molecule has 2 aromatic rings. The van der Waals surface area contributed by atoms with Gasteiger partial charge in [0.05, 0.1) is 16.9 Å². The van der Waals surface area contributed by atoms with Gasteiger partial charge in [-0.3, -0.25) is 4.79 Å². The average Bonchev–Trinajstić information content (AvgIpc) is 3.46. The van der Waals surface area contributed by atoms with Gasteiger partial charge in [-0.25, -0.2) is 8.42 Å². The molecule has 1 aromatic heterocycles. The minimum atomic E-state index is -3.63. The number of carbonyl (C=O) groups is 1. The largest absolute Gasteiger partial charge is 0.459 e. The standard InChI is InChI=1S/C20H25N3O6S2/c24-20(21-11-13-23(14-12-21)31(27,28)22-9-4-5-10-22)19-17(8-15-29-19)16-30(25,26)18-6-2-1-3-7-18/h1-3,6-8,15H,4-5,9-14,16H2. The molecule has 0 radical (unpaired) electrons. The normalized spacial score (nSPS) is 19.0. The lowest BCUT2D eigenvalue weighted by molar-refractivity contribution is 0.0661. The second-order valence-corrected chi connectivity index (χ2v) is 11.6. The second kappa shape index (κ2) is 8.73. The number of piperazine rings is 1. The van der Waals surface area contributed by atoms with E-state index in [1.54, 1.807) is 18.2 Å². The zero-order valence-electron chi connectivity index (χ0n) is 17.0. The third kappa shape index (κ3) is 4.54. The van der Waals surface area contributed by atoms with Crippen LogP contribution in [-0.2, 0) is 25.8 Å². The van der Waals surface area contributed by atoms with Gasteiger partial charge in [-0.2, -0.15) is 17.0 Å². The fourth-order valence-electron chi connectivity index (χ4n) is 3.90. The van der Waals surface area contributed by atoms with Gasteiger partial charge in [0.25, 0.3) is 16.1 Å². The molecule has 3 heterocycles. The summed E-state index contributed by atoms with van der Waals surface area (Å²) in [7, 11) is -7.13. The van der Waals surface area contributed by atoms with E-state index >= 15 is 0 Å². The van der Waals surface area contributed by atoms with Gasteiger partial charge in [0.15, 0.2) is 15.6 Å². The van der Waals surface area contributed by atoms with Gasteiger partial charge >= 0.3 is 0 Å². The van der Waals surface area contributed by atoms with E-state index in [0.717, 1.165) is 12.8 Å². The zero-order chi connectivity index (χ0) is 22.1. The quantitative estimate of drug-likeness (QED) is 0.635. The first-order valence-electron chi connectivity index (χ1n) is 10.2. The van der Waals surface area contributed by atoms with Crippen molar-refractivity contribution in [2.75, 3.05) is 39.3 Å². The maximum Gasteiger partial charge on any atom is 0.289 e. The van der Waals surface area contributed by atoms with E-state index in [0.29, 0.717) is 18.7 Å². The van der Waals surface area contributed by atoms with E-state index in [1.807, 2.05) is 0 Å². The molecule has 11 heteroatoms. The Kier molecular flexibility index (Phi) is 6.20. The molecular formula is C20H25N3O6S2. The molecule has 1 aromatic carbocycles. The van der Waals surface area contributed by atoms with Gasteiger partial charge in [-0.1, -0.05) is 18.2 Å². The molecule has 1 amide bonds. The number of amides is 1. The average molecular weight is 468 g/mol. The first kappa shape index (κ1) is 22.0. The molecule has 2 fully saturated rings. The van der Waals surface area contributed by atoms with Crippen molar-refractivity contribution in [3.05, 3.63) is 54.0 Å². The summed E-state index contributed by atoms with van der Waals surface area (Å²) in [6.45, 7) is 1.90. The predicted molar refractivity (Wildman–Crippen MR) is 113 cm³/mol. The number of nitrogens with zero attached hydrogens (tertiary/aromatic N) is 3. The van der Waals surface area contributed by atoms with Gasteiger partial charge in [0.1, 0.15) is 0 Å². The maximum atomic E-state index is 13.0. The minimum Gasteiger partial charge on any atom is -0.459 e. The van der Waals surface area contributed by atoms with Gasteiger partial charge in [-0.05, 0) is 31.0 Å². The summed E-state index contributed by atoms with van der Waals surface area (Å²) >= 11 is 0. The van der Waals surface area contributed by atoms with Crippen LogP contribution in [0.25, 0.3) is 0 Å². The lowest BCUT2D eigenvalue weighted by Crippen LogP contribution is -2.53. The third-order valence-electron chi connectivity index (χ3n) is 5.63. The Morgan fingerprint density at radius 1 is 0.839 bits per heavy atom. The molecule has 0 unspecified atom stereocenters. The Bertz CT molecular complexity index is 1130. The fraction of sp³-hybridized carbons (Fsp3) is 0.450. The molecule has 0 bridgehead atoms. The van der Waals surface area contributed by atoms with Gasteiger partial charge in [0, 0.05) is 44.8 Å². The summed E-state index contributed by atoms with van der Waals surface area (Å²) in [5.74, 6) is -0.797. The van der Waals surface area contributed by atoms with Crippen LogP contribution in [0.3, 0.4) is 0 Å². The molecule has 0 aliphatic carbocycles. The van der Waals surface area contributed by atoms with Crippen LogP contribution in [0.1, 0.15) is 29.0 Å². The van der Waals surface area contributed by atoms with E-state index in [-0.39, 0.29) is 42.6 Å². The number of rotatable bonds is 6. The van der Waals surface area contributed by atoms with Crippen LogP contribution in [-0.4, -0.2) is 75.5 Å². The van der Waals surface area contributed by atoms with Crippen LogP contribution in [0.15, 0.2) is 52.0 Å². The molecule has 0 N–H and O–H groups in total. The van der Waals surface area contributed by atoms with E-state index in [9.17, 15) is 21.6 Å². The van der Waals surface area contributed by atoms with E-state index in [1.165, 1.54) is 38.0 Å². The molecule has 0 atom stereocenters. The Labute approximate surface area is 182 Å². The molecule has 4 rings (SSSR count). The van der Waals surface area contributed by atoms with Gasteiger partial charge in [-0.15, -0.1) is 0 Å². The zero-order valence-corrected chi connectivity index (χ0v) is 18.6. The number of benzene rings is 1. The molecule has 2 saturated heterocycles. The van der Waals surface area contributed by atoms with Crippen LogP contribution in [0.4, 0.5) is 0 Å². The number of hydrogen-bond acceptors (Lipinski definition) is 6. The molecule has 168 valence electrons. The molecule has 9 nitrogen and oxygen atoms in total. The van der Waals surface area contributed by atoms with Crippen molar-refractivity contribution in [3.8, 4) is 0 Å². The van der Waals surface area contributed by atoms with Crippen molar-refractivity contribution in [2.24, 2.45) is 0 Å². The van der Waals surface area contributed by atoms with Crippen LogP contribution < -0.4 is 0 Å². The first-order valence-corrected chi connectivity index (χ1v) is 13.2. The molecule has 31 heavy (non-hydrogen) atoms. The fourth-order valence-corrected chi connectivity index (χ4v) is 6.95. The smallest absolute Gasteiger partial charge is 0.289 e. The number of furan rings is 1. The molecule has 2 aliphatic heterocycles. The minimum absolute atomic E-state index is 0.0182. The third-order valence-corrected chi connectivity index (χ3v) is 9.35. The number of sulfone groups is 1. The number of hydrogen-bond donors (Lipinski definition) is 0. The van der Waals surface area contributed by atoms with E-state index in [2.05, 4.69) is 0 Å². The highest BCUT2D eigenvalue weighted by atomic mass is 32.2. The highest BCUT2D eigenvalue weighted by Crippen LogP contribution is 2.23. The Morgan fingerprint density at radius 2 is 1.45 bits per heavy atom. The topological polar surface area (TPSA) is 108 Å². The van der Waals surface area contributed by atoms with Gasteiger partial charge < -0.3 is 9.32 Å². The van der Waals surface area contributed by atoms with Crippen molar-refractivity contribution < 1.29 is 26.0 Å². The van der Waals surface area contributed by atoms with Crippen molar-refractivity contribution >= 4 is 26.0 Å². The summed E-state index contributed by atoms with van der Waals surface area (Å²) in [4.78, 5) is 14.7. The highest BCUT2D eigenvalue weighted by Gasteiger charge is 2.35. The molecule has 0 saturated carbocycles. The lowest BCUT2D eigenvalue weighted by Gasteiger charge is -2.35. The Hall–Kier alpha value is -2.21. The molecule has 0 spiro atoms. The lowest BCUT2D eigenvalue weighted by atomic mass is 10.2. The van der Waals surface area contributed by atoms with Crippen LogP contribution >= 0.6 is 0 Å². The summed E-state index contributed by atoms with van der Waals surface area (Å²) in [5.41, 5.74) is 0.293.